The maximum Gasteiger partial charge on any atom is 0.269 e. The minimum Gasteiger partial charge on any atom is -0.391 e. The molecule has 3 rings (SSSR count). The first-order chi connectivity index (χ1) is 8.74. The molecule has 98 valence electrons. The predicted octanol–water partition coefficient (Wildman–Crippen LogP) is -0.403. The fourth-order valence-electron chi connectivity index (χ4n) is 2.26. The van der Waals surface area contributed by atoms with Crippen molar-refractivity contribution < 1.29 is 9.90 Å². The largest absolute Gasteiger partial charge is 0.391 e. The molecule has 2 aliphatic rings. The highest BCUT2D eigenvalue weighted by atomic mass is 16.3. The van der Waals surface area contributed by atoms with Crippen LogP contribution in [0.3, 0.4) is 0 Å². The Morgan fingerprint density at radius 2 is 2.33 bits per heavy atom. The second-order valence-electron chi connectivity index (χ2n) is 5.15. The number of hydrogen-bond donors (Lipinski definition) is 4. The topological polar surface area (TPSA) is 90.0 Å². The van der Waals surface area contributed by atoms with Gasteiger partial charge in [-0.1, -0.05) is 0 Å². The van der Waals surface area contributed by atoms with Gasteiger partial charge in [0.2, 0.25) is 0 Å². The first-order valence-corrected chi connectivity index (χ1v) is 6.46. The molecule has 1 saturated heterocycles. The van der Waals surface area contributed by atoms with Crippen molar-refractivity contribution in [3.05, 3.63) is 17.7 Å². The second kappa shape index (κ2) is 4.70. The number of aromatic amines is 1. The lowest BCUT2D eigenvalue weighted by Gasteiger charge is -2.13. The third-order valence-corrected chi connectivity index (χ3v) is 3.63. The summed E-state index contributed by atoms with van der Waals surface area (Å²) in [5.74, 6) is 1.39. The van der Waals surface area contributed by atoms with Crippen molar-refractivity contribution in [3.63, 3.8) is 0 Å². The Kier molecular flexibility index (Phi) is 3.05. The van der Waals surface area contributed by atoms with Gasteiger partial charge < -0.3 is 20.7 Å². The predicted molar refractivity (Wildman–Crippen MR) is 65.3 cm³/mol. The van der Waals surface area contributed by atoms with Gasteiger partial charge in [-0.05, 0) is 12.8 Å². The van der Waals surface area contributed by atoms with Crippen LogP contribution in [0.4, 0.5) is 0 Å². The molecule has 0 bridgehead atoms. The molecule has 0 aromatic carbocycles. The van der Waals surface area contributed by atoms with E-state index in [4.69, 9.17) is 0 Å². The molecule has 1 aromatic heterocycles. The third kappa shape index (κ3) is 2.39. The van der Waals surface area contributed by atoms with Gasteiger partial charge in [-0.3, -0.25) is 4.79 Å². The highest BCUT2D eigenvalue weighted by Crippen LogP contribution is 2.38. The van der Waals surface area contributed by atoms with Crippen LogP contribution >= 0.6 is 0 Å². The summed E-state index contributed by atoms with van der Waals surface area (Å²) < 4.78 is 0. The molecular weight excluding hydrogens is 232 g/mol. The molecule has 2 atom stereocenters. The number of rotatable bonds is 4. The van der Waals surface area contributed by atoms with E-state index in [2.05, 4.69) is 20.6 Å². The molecule has 1 amide bonds. The van der Waals surface area contributed by atoms with Gasteiger partial charge in [0.05, 0.1) is 12.3 Å². The average molecular weight is 250 g/mol. The number of nitrogens with one attached hydrogen (secondary N) is 3. The van der Waals surface area contributed by atoms with Crippen molar-refractivity contribution in [2.45, 2.75) is 24.9 Å². The molecule has 6 heteroatoms. The molecule has 1 aliphatic carbocycles. The molecule has 2 heterocycles. The zero-order valence-electron chi connectivity index (χ0n) is 10.1. The number of H-pyrrole nitrogens is 1. The van der Waals surface area contributed by atoms with Crippen molar-refractivity contribution in [2.24, 2.45) is 5.92 Å². The molecule has 18 heavy (non-hydrogen) atoms. The van der Waals surface area contributed by atoms with Gasteiger partial charge in [0, 0.05) is 31.5 Å². The third-order valence-electron chi connectivity index (χ3n) is 3.63. The Labute approximate surface area is 105 Å². The number of β-amino-alcohol motifs (C(OH)–C–C–N with tert-alkyl or cyclic N) is 1. The van der Waals surface area contributed by atoms with Crippen molar-refractivity contribution in [1.29, 1.82) is 0 Å². The maximum atomic E-state index is 11.9. The summed E-state index contributed by atoms with van der Waals surface area (Å²) in [5.41, 5.74) is 0.511. The Bertz CT molecular complexity index is 441. The van der Waals surface area contributed by atoms with E-state index in [1.807, 2.05) is 0 Å². The molecule has 2 unspecified atom stereocenters. The molecule has 0 radical (unpaired) electrons. The van der Waals surface area contributed by atoms with Crippen molar-refractivity contribution >= 4 is 5.91 Å². The zero-order valence-corrected chi connectivity index (χ0v) is 10.1. The van der Waals surface area contributed by atoms with Crippen LogP contribution in [0.1, 0.15) is 35.1 Å². The van der Waals surface area contributed by atoms with Gasteiger partial charge in [-0.15, -0.1) is 0 Å². The summed E-state index contributed by atoms with van der Waals surface area (Å²) in [6.07, 6.45) is 3.55. The molecule has 0 spiro atoms. The fourth-order valence-corrected chi connectivity index (χ4v) is 2.26. The molecule has 1 aliphatic heterocycles. The lowest BCUT2D eigenvalue weighted by molar-refractivity contribution is 0.0922. The number of aliphatic hydroxyl groups excluding tert-OH is 1. The highest BCUT2D eigenvalue weighted by molar-refractivity contribution is 5.92. The Hall–Kier alpha value is -1.40. The molecule has 1 aromatic rings. The van der Waals surface area contributed by atoms with Gasteiger partial charge in [0.1, 0.15) is 11.5 Å². The summed E-state index contributed by atoms with van der Waals surface area (Å²) in [7, 11) is 0. The number of imidazole rings is 1. The first-order valence-electron chi connectivity index (χ1n) is 6.46. The van der Waals surface area contributed by atoms with Crippen molar-refractivity contribution in [2.75, 3.05) is 19.6 Å². The van der Waals surface area contributed by atoms with Crippen molar-refractivity contribution in [1.82, 2.24) is 20.6 Å². The lowest BCUT2D eigenvalue weighted by atomic mass is 10.1. The van der Waals surface area contributed by atoms with Crippen LogP contribution in [0, 0.1) is 5.92 Å². The van der Waals surface area contributed by atoms with Gasteiger partial charge in [-0.2, -0.15) is 0 Å². The Balaban J connectivity index is 1.53. The number of hydrogen-bond acceptors (Lipinski definition) is 4. The van der Waals surface area contributed by atoms with Crippen LogP contribution in [0.5, 0.6) is 0 Å². The van der Waals surface area contributed by atoms with E-state index >= 15 is 0 Å². The van der Waals surface area contributed by atoms with Gasteiger partial charge in [0.25, 0.3) is 5.91 Å². The maximum absolute atomic E-state index is 11.9. The number of aromatic nitrogens is 2. The molecule has 2 fully saturated rings. The molecule has 1 saturated carbocycles. The standard InChI is InChI=1S/C12H18N4O2/c17-10-6-13-3-8(10)4-15-12(18)9-5-14-11(16-9)7-1-2-7/h5,7-8,10,13,17H,1-4,6H2,(H,14,16)(H,15,18). The molecule has 6 nitrogen and oxygen atoms in total. The zero-order chi connectivity index (χ0) is 12.5. The van der Waals surface area contributed by atoms with E-state index < -0.39 is 0 Å². The summed E-state index contributed by atoms with van der Waals surface area (Å²) in [6, 6.07) is 0. The monoisotopic (exact) mass is 250 g/mol. The fraction of sp³-hybridized carbons (Fsp3) is 0.667. The van der Waals surface area contributed by atoms with Crippen LogP contribution in [-0.4, -0.2) is 46.7 Å². The summed E-state index contributed by atoms with van der Waals surface area (Å²) in [5, 5.41) is 15.5. The summed E-state index contributed by atoms with van der Waals surface area (Å²) >= 11 is 0. The van der Waals surface area contributed by atoms with E-state index in [9.17, 15) is 9.90 Å². The summed E-state index contributed by atoms with van der Waals surface area (Å²) in [6.45, 7) is 1.85. The van der Waals surface area contributed by atoms with E-state index in [1.54, 1.807) is 6.20 Å². The second-order valence-corrected chi connectivity index (χ2v) is 5.15. The Morgan fingerprint density at radius 1 is 1.50 bits per heavy atom. The average Bonchev–Trinajstić information content (AvgIpc) is 2.95. The van der Waals surface area contributed by atoms with E-state index in [1.165, 1.54) is 0 Å². The van der Waals surface area contributed by atoms with Crippen molar-refractivity contribution in [3.8, 4) is 0 Å². The normalized spacial score (nSPS) is 27.4. The smallest absolute Gasteiger partial charge is 0.269 e. The quantitative estimate of drug-likeness (QED) is 0.585. The number of carbonyl (C=O) groups is 1. The molecular formula is C12H18N4O2. The van der Waals surface area contributed by atoms with E-state index in [0.717, 1.165) is 25.2 Å². The number of amides is 1. The minimum atomic E-state index is -0.367. The van der Waals surface area contributed by atoms with Crippen LogP contribution in [0.15, 0.2) is 6.20 Å². The number of aliphatic hydroxyl groups is 1. The van der Waals surface area contributed by atoms with Crippen LogP contribution in [0.25, 0.3) is 0 Å². The van der Waals surface area contributed by atoms with Gasteiger partial charge in [-0.25, -0.2) is 4.98 Å². The van der Waals surface area contributed by atoms with Crippen LogP contribution < -0.4 is 10.6 Å². The summed E-state index contributed by atoms with van der Waals surface area (Å²) in [4.78, 5) is 19.2. The minimum absolute atomic E-state index is 0.0970. The highest BCUT2D eigenvalue weighted by Gasteiger charge is 2.28. The molecule has 4 N–H and O–H groups in total. The number of carbonyl (C=O) groups excluding carboxylic acids is 1. The van der Waals surface area contributed by atoms with Crippen LogP contribution in [-0.2, 0) is 0 Å². The number of nitrogens with zero attached hydrogens (tertiary/aromatic N) is 1. The van der Waals surface area contributed by atoms with E-state index in [0.29, 0.717) is 24.7 Å². The van der Waals surface area contributed by atoms with E-state index in [-0.39, 0.29) is 17.9 Å². The van der Waals surface area contributed by atoms with Gasteiger partial charge in [0.15, 0.2) is 0 Å². The van der Waals surface area contributed by atoms with Gasteiger partial charge >= 0.3 is 0 Å². The SMILES string of the molecule is O=C(NCC1CNCC1O)c1cnc(C2CC2)[nH]1. The lowest BCUT2D eigenvalue weighted by Crippen LogP contribution is -2.34. The van der Waals surface area contributed by atoms with Crippen LogP contribution in [0.2, 0.25) is 0 Å². The Morgan fingerprint density at radius 3 is 3.00 bits per heavy atom. The first kappa shape index (κ1) is 11.7.